The van der Waals surface area contributed by atoms with Crippen LogP contribution in [-0.2, 0) is 23.2 Å². The van der Waals surface area contributed by atoms with Crippen LogP contribution in [0.2, 0.25) is 0 Å². The van der Waals surface area contributed by atoms with Crippen molar-refractivity contribution in [1.82, 2.24) is 9.97 Å². The van der Waals surface area contributed by atoms with Gasteiger partial charge in [0.25, 0.3) is 5.91 Å². The zero-order valence-electron chi connectivity index (χ0n) is 17.0. The van der Waals surface area contributed by atoms with Gasteiger partial charge in [0, 0.05) is 28.8 Å². The zero-order chi connectivity index (χ0) is 20.3. The molecule has 1 saturated carbocycles. The fourth-order valence-electron chi connectivity index (χ4n) is 4.01. The lowest BCUT2D eigenvalue weighted by Gasteiger charge is -2.20. The third kappa shape index (κ3) is 3.13. The monoisotopic (exact) mass is 427 g/mol. The maximum absolute atomic E-state index is 13.2. The summed E-state index contributed by atoms with van der Waals surface area (Å²) in [4.78, 5) is 37.8. The molecular weight excluding hydrogens is 402 g/mol. The van der Waals surface area contributed by atoms with E-state index in [9.17, 15) is 9.59 Å². The second-order valence-electron chi connectivity index (χ2n) is 8.29. The highest BCUT2D eigenvalue weighted by Crippen LogP contribution is 2.47. The number of ether oxygens (including phenoxy) is 1. The normalized spacial score (nSPS) is 21.4. The molecule has 0 aromatic carbocycles. The molecule has 0 radical (unpaired) electrons. The molecule has 2 aromatic heterocycles. The van der Waals surface area contributed by atoms with Crippen LogP contribution in [0.25, 0.3) is 0 Å². The molecule has 2 fully saturated rings. The molecule has 2 aromatic rings. The van der Waals surface area contributed by atoms with Crippen LogP contribution in [0.3, 0.4) is 0 Å². The van der Waals surface area contributed by atoms with Gasteiger partial charge in [-0.25, -0.2) is 9.78 Å². The second-order valence-corrected chi connectivity index (χ2v) is 8.29. The van der Waals surface area contributed by atoms with Gasteiger partial charge >= 0.3 is 6.09 Å². The van der Waals surface area contributed by atoms with Gasteiger partial charge in [-0.05, 0) is 38.0 Å². The van der Waals surface area contributed by atoms with Gasteiger partial charge in [-0.2, -0.15) is 13.5 Å². The number of aromatic nitrogens is 2. The van der Waals surface area contributed by atoms with Crippen LogP contribution in [0.15, 0.2) is 24.3 Å². The van der Waals surface area contributed by atoms with Crippen molar-refractivity contribution in [1.29, 1.82) is 0 Å². The fourth-order valence-corrected chi connectivity index (χ4v) is 4.01. The number of hydrogen-bond donors (Lipinski definition) is 1. The lowest BCUT2D eigenvalue weighted by Crippen LogP contribution is -2.32. The molecule has 3 aliphatic rings. The van der Waals surface area contributed by atoms with E-state index in [4.69, 9.17) is 15.5 Å². The molecule has 5 rings (SSSR count). The van der Waals surface area contributed by atoms with Crippen LogP contribution >= 0.6 is 13.5 Å². The quantitative estimate of drug-likeness (QED) is 0.805. The third-order valence-electron chi connectivity index (χ3n) is 6.14. The van der Waals surface area contributed by atoms with E-state index < -0.39 is 6.09 Å². The average Bonchev–Trinajstić information content (AvgIpc) is 3.26. The molecule has 158 valence electrons. The number of anilines is 2. The molecule has 2 N–H and O–H groups in total. The summed E-state index contributed by atoms with van der Waals surface area (Å²) >= 11 is 0. The van der Waals surface area contributed by atoms with Gasteiger partial charge < -0.3 is 10.5 Å². The largest absolute Gasteiger partial charge is 0.447 e. The lowest BCUT2D eigenvalue weighted by atomic mass is 9.99. The molecule has 0 spiro atoms. The van der Waals surface area contributed by atoms with Gasteiger partial charge in [-0.3, -0.25) is 19.6 Å². The van der Waals surface area contributed by atoms with Crippen molar-refractivity contribution in [3.63, 3.8) is 0 Å². The van der Waals surface area contributed by atoms with E-state index in [1.54, 1.807) is 23.1 Å². The zero-order valence-corrected chi connectivity index (χ0v) is 18.0. The van der Waals surface area contributed by atoms with Crippen LogP contribution in [0.4, 0.5) is 16.4 Å². The van der Waals surface area contributed by atoms with Gasteiger partial charge in [0.1, 0.15) is 18.2 Å². The van der Waals surface area contributed by atoms with Gasteiger partial charge in [0.15, 0.2) is 0 Å². The van der Waals surface area contributed by atoms with Crippen molar-refractivity contribution in [2.45, 2.75) is 51.2 Å². The molecule has 0 unspecified atom stereocenters. The van der Waals surface area contributed by atoms with E-state index >= 15 is 0 Å². The summed E-state index contributed by atoms with van der Waals surface area (Å²) in [7, 11) is 0. The highest BCUT2D eigenvalue weighted by atomic mass is 32.1. The van der Waals surface area contributed by atoms with Crippen molar-refractivity contribution in [2.75, 3.05) is 16.4 Å². The standard InChI is InChI=1S/C21H23N5O3.H2S/c1-12-11-29-20(28)26(12)18-5-3-4-17(24-18)25-10-14-13(19(25)27)8-16(21(2)6-7-21)23-15(14)9-22;/h3-5,8,12H,6-7,9-11,22H2,1-2H3;1H2/t12-;/m0./s1. The maximum Gasteiger partial charge on any atom is 0.415 e. The highest BCUT2D eigenvalue weighted by Gasteiger charge is 2.43. The van der Waals surface area contributed by atoms with Gasteiger partial charge in [-0.1, -0.05) is 13.0 Å². The molecule has 1 atom stereocenters. The first-order chi connectivity index (χ1) is 13.9. The number of fused-ring (bicyclic) bond motifs is 1. The van der Waals surface area contributed by atoms with E-state index in [1.165, 1.54) is 4.90 Å². The number of carbonyl (C=O) groups excluding carboxylic acids is 2. The number of carbonyl (C=O) groups is 2. The van der Waals surface area contributed by atoms with Crippen LogP contribution in [0.5, 0.6) is 0 Å². The summed E-state index contributed by atoms with van der Waals surface area (Å²) in [5.74, 6) is 0.867. The summed E-state index contributed by atoms with van der Waals surface area (Å²) in [5.41, 5.74) is 9.25. The highest BCUT2D eigenvalue weighted by molar-refractivity contribution is 7.59. The molecule has 8 nitrogen and oxygen atoms in total. The van der Waals surface area contributed by atoms with Gasteiger partial charge in [-0.15, -0.1) is 0 Å². The Bertz CT molecular complexity index is 1040. The Kier molecular flexibility index (Phi) is 4.98. The molecule has 9 heteroatoms. The van der Waals surface area contributed by atoms with Gasteiger partial charge in [0.05, 0.1) is 18.3 Å². The topological polar surface area (TPSA) is 102 Å². The van der Waals surface area contributed by atoms with E-state index in [0.29, 0.717) is 30.4 Å². The predicted octanol–water partition coefficient (Wildman–Crippen LogP) is 2.61. The van der Waals surface area contributed by atoms with E-state index in [0.717, 1.165) is 29.8 Å². The summed E-state index contributed by atoms with van der Waals surface area (Å²) in [6, 6.07) is 7.14. The van der Waals surface area contributed by atoms with Crippen molar-refractivity contribution < 1.29 is 14.3 Å². The van der Waals surface area contributed by atoms with E-state index in [-0.39, 0.29) is 37.4 Å². The van der Waals surface area contributed by atoms with Crippen LogP contribution in [-0.4, -0.2) is 34.6 Å². The lowest BCUT2D eigenvalue weighted by molar-refractivity contribution is 0.0995. The Labute approximate surface area is 181 Å². The Balaban J connectivity index is 0.00000218. The van der Waals surface area contributed by atoms with Crippen molar-refractivity contribution in [3.8, 4) is 0 Å². The van der Waals surface area contributed by atoms with Crippen LogP contribution in [0.1, 0.15) is 54.0 Å². The Hall–Kier alpha value is -2.65. The Morgan fingerprint density at radius 3 is 2.60 bits per heavy atom. The molecule has 0 bridgehead atoms. The number of nitrogens with two attached hydrogens (primary N) is 1. The number of nitrogens with zero attached hydrogens (tertiary/aromatic N) is 4. The van der Waals surface area contributed by atoms with Gasteiger partial charge in [0.2, 0.25) is 0 Å². The van der Waals surface area contributed by atoms with Crippen molar-refractivity contribution >= 4 is 37.1 Å². The van der Waals surface area contributed by atoms with E-state index in [1.807, 2.05) is 13.0 Å². The number of amides is 2. The van der Waals surface area contributed by atoms with E-state index in [2.05, 4.69) is 11.9 Å². The predicted molar refractivity (Wildman–Crippen MR) is 117 cm³/mol. The third-order valence-corrected chi connectivity index (χ3v) is 6.14. The Morgan fingerprint density at radius 1 is 1.23 bits per heavy atom. The molecule has 2 aliphatic heterocycles. The molecular formula is C21H25N5O3S. The first kappa shape index (κ1) is 20.6. The van der Waals surface area contributed by atoms with Crippen LogP contribution in [0, 0.1) is 0 Å². The second kappa shape index (κ2) is 7.24. The minimum Gasteiger partial charge on any atom is -0.447 e. The fraction of sp³-hybridized carbons (Fsp3) is 0.429. The molecule has 4 heterocycles. The first-order valence-electron chi connectivity index (χ1n) is 9.89. The average molecular weight is 428 g/mol. The van der Waals surface area contributed by atoms with Crippen LogP contribution < -0.4 is 15.5 Å². The SMILES string of the molecule is C[C@H]1COC(=O)N1c1cccc(N2Cc3c(cc(C4(C)CC4)nc3CN)C2=O)n1.S. The smallest absolute Gasteiger partial charge is 0.415 e. The molecule has 30 heavy (non-hydrogen) atoms. The maximum atomic E-state index is 13.2. The summed E-state index contributed by atoms with van der Waals surface area (Å²) in [5, 5.41) is 0. The number of hydrogen-bond acceptors (Lipinski definition) is 6. The Morgan fingerprint density at radius 2 is 1.97 bits per heavy atom. The minimum atomic E-state index is -0.421. The first-order valence-corrected chi connectivity index (χ1v) is 9.89. The van der Waals surface area contributed by atoms with Crippen molar-refractivity contribution in [3.05, 3.63) is 46.8 Å². The number of rotatable bonds is 4. The molecule has 1 saturated heterocycles. The summed E-state index contributed by atoms with van der Waals surface area (Å²) in [6.07, 6.45) is 1.73. The summed E-state index contributed by atoms with van der Waals surface area (Å²) in [6.45, 7) is 5.06. The summed E-state index contributed by atoms with van der Waals surface area (Å²) < 4.78 is 5.09. The van der Waals surface area contributed by atoms with Crippen molar-refractivity contribution in [2.24, 2.45) is 5.73 Å². The number of cyclic esters (lactones) is 1. The number of pyridine rings is 2. The minimum absolute atomic E-state index is 0. The molecule has 2 amide bonds. The molecule has 1 aliphatic carbocycles.